The first-order valence-corrected chi connectivity index (χ1v) is 22.0. The van der Waals surface area contributed by atoms with Gasteiger partial charge in [-0.25, -0.2) is 4.98 Å². The molecule has 2 aliphatic rings. The first-order chi connectivity index (χ1) is 32.1. The van der Waals surface area contributed by atoms with Crippen molar-refractivity contribution in [1.29, 1.82) is 0 Å². The highest BCUT2D eigenvalue weighted by molar-refractivity contribution is 6.08. The maximum atomic E-state index is 7.08. The maximum absolute atomic E-state index is 7.08. The van der Waals surface area contributed by atoms with Crippen molar-refractivity contribution in [2.24, 2.45) is 0 Å². The lowest BCUT2D eigenvalue weighted by atomic mass is 9.67. The molecule has 2 heterocycles. The van der Waals surface area contributed by atoms with Crippen molar-refractivity contribution in [3.8, 4) is 67.8 Å². The predicted octanol–water partition coefficient (Wildman–Crippen LogP) is 16.4. The zero-order valence-electron chi connectivity index (χ0n) is 35.5. The molecule has 0 atom stereocenters. The molecule has 0 fully saturated rings. The van der Waals surface area contributed by atoms with Gasteiger partial charge in [0.15, 0.2) is 23.0 Å². The van der Waals surface area contributed by atoms with E-state index in [0.717, 1.165) is 78.2 Å². The number of pyridine rings is 1. The van der Waals surface area contributed by atoms with E-state index in [1.807, 2.05) is 24.3 Å². The topological polar surface area (TPSA) is 31.4 Å². The fourth-order valence-electron chi connectivity index (χ4n) is 10.3. The van der Waals surface area contributed by atoms with Gasteiger partial charge < -0.3 is 9.47 Å². The number of benzene rings is 9. The van der Waals surface area contributed by atoms with Crippen LogP contribution in [0.4, 0.5) is 0 Å². The van der Waals surface area contributed by atoms with Crippen LogP contribution < -0.4 is 9.47 Å². The molecule has 0 N–H and O–H groups in total. The van der Waals surface area contributed by atoms with Gasteiger partial charge in [-0.05, 0) is 108 Å². The predicted molar refractivity (Wildman–Crippen MR) is 268 cm³/mol. The normalized spacial score (nSPS) is 13.4. The lowest BCUT2D eigenvalue weighted by molar-refractivity contribution is 0.358. The molecule has 65 heavy (non-hydrogen) atoms. The number of allylic oxidation sites excluding steroid dienone is 4. The highest BCUT2D eigenvalue weighted by Gasteiger charge is 2.48. The van der Waals surface area contributed by atoms with Crippen molar-refractivity contribution in [1.82, 2.24) is 4.98 Å². The Bertz CT molecular complexity index is 3530. The van der Waals surface area contributed by atoms with Crippen molar-refractivity contribution < 1.29 is 9.47 Å². The number of nitrogens with zero attached hydrogens (tertiary/aromatic N) is 1. The van der Waals surface area contributed by atoms with Gasteiger partial charge in [0.05, 0.1) is 16.8 Å². The highest BCUT2D eigenvalue weighted by Crippen LogP contribution is 2.61. The van der Waals surface area contributed by atoms with E-state index >= 15 is 0 Å². The van der Waals surface area contributed by atoms with Crippen molar-refractivity contribution in [2.45, 2.75) is 5.41 Å². The first kappa shape index (κ1) is 38.2. The van der Waals surface area contributed by atoms with E-state index < -0.39 is 5.41 Å². The van der Waals surface area contributed by atoms with Crippen LogP contribution >= 0.6 is 0 Å². The summed E-state index contributed by atoms with van der Waals surface area (Å²) in [4.78, 5) is 5.43. The van der Waals surface area contributed by atoms with Gasteiger partial charge in [0.2, 0.25) is 0 Å². The Labute approximate surface area is 378 Å². The minimum Gasteiger partial charge on any atom is -0.449 e. The lowest BCUT2D eigenvalue weighted by Crippen LogP contribution is -2.29. The summed E-state index contributed by atoms with van der Waals surface area (Å²) in [6, 6.07) is 74.8. The van der Waals surface area contributed by atoms with Crippen LogP contribution in [0.1, 0.15) is 22.3 Å². The molecule has 12 rings (SSSR count). The Hall–Kier alpha value is -8.53. The molecule has 0 radical (unpaired) electrons. The molecule has 0 saturated heterocycles. The van der Waals surface area contributed by atoms with Crippen LogP contribution in [0.5, 0.6) is 23.0 Å². The van der Waals surface area contributed by atoms with Gasteiger partial charge in [-0.1, -0.05) is 201 Å². The Morgan fingerprint density at radius 2 is 1.05 bits per heavy atom. The Kier molecular flexibility index (Phi) is 9.03. The van der Waals surface area contributed by atoms with E-state index in [1.54, 1.807) is 0 Å². The number of aromatic nitrogens is 1. The highest BCUT2D eigenvalue weighted by atomic mass is 16.6. The monoisotopic (exact) mass is 831 g/mol. The van der Waals surface area contributed by atoms with Crippen molar-refractivity contribution in [3.05, 3.63) is 265 Å². The van der Waals surface area contributed by atoms with Crippen molar-refractivity contribution >= 4 is 27.1 Å². The van der Waals surface area contributed by atoms with Crippen molar-refractivity contribution in [3.63, 3.8) is 0 Å². The van der Waals surface area contributed by atoms with Crippen LogP contribution in [0.25, 0.3) is 71.9 Å². The van der Waals surface area contributed by atoms with Gasteiger partial charge in [0.1, 0.15) is 0 Å². The van der Waals surface area contributed by atoms with Crippen LogP contribution in [-0.4, -0.2) is 4.98 Å². The molecule has 10 aromatic rings. The molecule has 306 valence electrons. The minimum absolute atomic E-state index is 0.633. The molecule has 0 unspecified atom stereocenters. The molecule has 1 aromatic heterocycles. The Morgan fingerprint density at radius 1 is 0.415 bits per heavy atom. The molecule has 0 saturated carbocycles. The molecule has 3 heteroatoms. The molecule has 1 aliphatic heterocycles. The van der Waals surface area contributed by atoms with Crippen molar-refractivity contribution in [2.75, 3.05) is 0 Å². The summed E-state index contributed by atoms with van der Waals surface area (Å²) in [5, 5.41) is 4.89. The number of hydrogen-bond donors (Lipinski definition) is 0. The van der Waals surface area contributed by atoms with Gasteiger partial charge in [-0.15, -0.1) is 0 Å². The molecule has 0 spiro atoms. The number of fused-ring (bicyclic) bond motifs is 7. The summed E-state index contributed by atoms with van der Waals surface area (Å²) in [5.74, 6) is 2.60. The van der Waals surface area contributed by atoms with Gasteiger partial charge in [-0.2, -0.15) is 0 Å². The standard InChI is InChI=1S/C62H41NO2/c1-3-48-53(4-2)62(46-21-10-6-11-22-46,47-23-12-7-13-24-47)54-33-35-58-61(60(48)54)65-59-39-43(31-34-57(59)64-58)50-26-16-17-27-52(50)56-38-45(40-18-8-5-9-19-40)37-55(63-56)44-30-32-51-42(36-44)29-28-41-20-14-15-25-49(41)51/h3-39H,1-2H2. The summed E-state index contributed by atoms with van der Waals surface area (Å²) in [7, 11) is 0. The molecular weight excluding hydrogens is 791 g/mol. The Balaban J connectivity index is 0.981. The fraction of sp³-hybridized carbons (Fsp3) is 0.0161. The maximum Gasteiger partial charge on any atom is 0.178 e. The Morgan fingerprint density at radius 3 is 1.80 bits per heavy atom. The average molecular weight is 832 g/mol. The minimum atomic E-state index is -0.649. The van der Waals surface area contributed by atoms with Crippen LogP contribution in [0.15, 0.2) is 243 Å². The number of ether oxygens (including phenoxy) is 2. The van der Waals surface area contributed by atoms with Crippen LogP contribution in [0, 0.1) is 0 Å². The second kappa shape index (κ2) is 15.4. The van der Waals surface area contributed by atoms with E-state index in [0.29, 0.717) is 23.0 Å². The summed E-state index contributed by atoms with van der Waals surface area (Å²) >= 11 is 0. The third kappa shape index (κ3) is 6.08. The van der Waals surface area contributed by atoms with Crippen LogP contribution in [0.3, 0.4) is 0 Å². The third-order valence-corrected chi connectivity index (χ3v) is 13.2. The van der Waals surface area contributed by atoms with Gasteiger partial charge >= 0.3 is 0 Å². The van der Waals surface area contributed by atoms with E-state index in [2.05, 4.69) is 213 Å². The molecule has 9 aromatic carbocycles. The second-order valence-electron chi connectivity index (χ2n) is 16.7. The second-order valence-corrected chi connectivity index (χ2v) is 16.7. The summed E-state index contributed by atoms with van der Waals surface area (Å²) in [5.41, 5.74) is 13.8. The molecular formula is C62H41NO2. The number of rotatable bonds is 8. The third-order valence-electron chi connectivity index (χ3n) is 13.2. The zero-order chi connectivity index (χ0) is 43.5. The first-order valence-electron chi connectivity index (χ1n) is 22.0. The van der Waals surface area contributed by atoms with Crippen LogP contribution in [0.2, 0.25) is 0 Å². The van der Waals surface area contributed by atoms with E-state index in [4.69, 9.17) is 14.5 Å². The van der Waals surface area contributed by atoms with E-state index in [9.17, 15) is 0 Å². The largest absolute Gasteiger partial charge is 0.449 e. The van der Waals surface area contributed by atoms with Gasteiger partial charge in [-0.3, -0.25) is 0 Å². The molecule has 0 bridgehead atoms. The molecule has 0 amide bonds. The van der Waals surface area contributed by atoms with E-state index in [1.165, 1.54) is 21.5 Å². The zero-order valence-corrected chi connectivity index (χ0v) is 35.5. The quantitative estimate of drug-likeness (QED) is 0.143. The smallest absolute Gasteiger partial charge is 0.178 e. The summed E-state index contributed by atoms with van der Waals surface area (Å²) in [6.07, 6.45) is 3.91. The SMILES string of the molecule is C=CC1=C(C=C)C(c2ccccc2)(c2ccccc2)c2ccc3c(c21)Oc1cc(-c2ccccc2-c2cc(-c4ccccc4)cc(-c4ccc5c(ccc6ccccc65)c4)n2)ccc1O3. The molecule has 3 nitrogen and oxygen atoms in total. The summed E-state index contributed by atoms with van der Waals surface area (Å²) in [6.45, 7) is 8.73. The fourth-order valence-corrected chi connectivity index (χ4v) is 10.3. The summed E-state index contributed by atoms with van der Waals surface area (Å²) < 4.78 is 13.8. The lowest BCUT2D eigenvalue weighted by Gasteiger charge is -2.35. The number of hydrogen-bond acceptors (Lipinski definition) is 3. The average Bonchev–Trinajstić information content (AvgIpc) is 3.69. The van der Waals surface area contributed by atoms with Crippen LogP contribution in [-0.2, 0) is 5.41 Å². The van der Waals surface area contributed by atoms with E-state index in [-0.39, 0.29) is 0 Å². The van der Waals surface area contributed by atoms with Gasteiger partial charge in [0.25, 0.3) is 0 Å². The molecule has 1 aliphatic carbocycles. The van der Waals surface area contributed by atoms with Gasteiger partial charge in [0, 0.05) is 16.7 Å².